The van der Waals surface area contributed by atoms with Crippen LogP contribution in [0.5, 0.6) is 0 Å². The van der Waals surface area contributed by atoms with Crippen molar-refractivity contribution in [1.29, 1.82) is 0 Å². The molecule has 1 heterocycles. The first kappa shape index (κ1) is 11.2. The molecule has 0 saturated carbocycles. The Kier molecular flexibility index (Phi) is 3.69. The molecular weight excluding hydrogens is 180 g/mol. The van der Waals surface area contributed by atoms with Crippen LogP contribution in [0.3, 0.4) is 0 Å². The van der Waals surface area contributed by atoms with Gasteiger partial charge < -0.3 is 9.84 Å². The average Bonchev–Trinajstić information content (AvgIpc) is 2.53. The quantitative estimate of drug-likeness (QED) is 0.685. The van der Waals surface area contributed by atoms with E-state index in [-0.39, 0.29) is 5.97 Å². The second kappa shape index (κ2) is 4.60. The van der Waals surface area contributed by atoms with Crippen molar-refractivity contribution in [3.8, 4) is 0 Å². The smallest absolute Gasteiger partial charge is 0.331 e. The van der Waals surface area contributed by atoms with Crippen molar-refractivity contribution in [2.24, 2.45) is 0 Å². The van der Waals surface area contributed by atoms with Crippen molar-refractivity contribution in [3.63, 3.8) is 0 Å². The summed E-state index contributed by atoms with van der Waals surface area (Å²) >= 11 is 0. The van der Waals surface area contributed by atoms with E-state index in [9.17, 15) is 9.90 Å². The Morgan fingerprint density at radius 3 is 2.36 bits per heavy atom. The summed E-state index contributed by atoms with van der Waals surface area (Å²) in [6.07, 6.45) is 5.72. The number of cyclic esters (lactones) is 1. The van der Waals surface area contributed by atoms with E-state index in [4.69, 9.17) is 4.74 Å². The molecule has 0 bridgehead atoms. The van der Waals surface area contributed by atoms with E-state index in [1.54, 1.807) is 6.08 Å². The summed E-state index contributed by atoms with van der Waals surface area (Å²) in [6, 6.07) is 0. The maximum Gasteiger partial charge on any atom is 0.331 e. The zero-order valence-electron chi connectivity index (χ0n) is 8.82. The fourth-order valence-electron chi connectivity index (χ4n) is 1.93. The molecule has 3 nitrogen and oxygen atoms in total. The second-order valence-corrected chi connectivity index (χ2v) is 3.82. The van der Waals surface area contributed by atoms with Gasteiger partial charge in [0.2, 0.25) is 0 Å². The Morgan fingerprint density at radius 1 is 1.43 bits per heavy atom. The molecule has 1 aliphatic rings. The number of esters is 1. The summed E-state index contributed by atoms with van der Waals surface area (Å²) in [7, 11) is 0. The van der Waals surface area contributed by atoms with Gasteiger partial charge in [0.15, 0.2) is 0 Å². The number of carbonyl (C=O) groups is 1. The Hall–Kier alpha value is -0.830. The third-order valence-corrected chi connectivity index (χ3v) is 2.55. The van der Waals surface area contributed by atoms with Gasteiger partial charge in [-0.15, -0.1) is 0 Å². The fourth-order valence-corrected chi connectivity index (χ4v) is 1.93. The molecule has 0 spiro atoms. The van der Waals surface area contributed by atoms with Crippen molar-refractivity contribution in [3.05, 3.63) is 12.2 Å². The van der Waals surface area contributed by atoms with Crippen molar-refractivity contribution >= 4 is 5.97 Å². The predicted octanol–water partition coefficient (Wildman–Crippen LogP) is 1.80. The van der Waals surface area contributed by atoms with Gasteiger partial charge in [-0.05, 0) is 18.9 Å². The molecule has 3 heteroatoms. The standard InChI is InChI=1S/C11H18O3/c1-3-7-11(13,8-4-2)9-5-6-10(12)14-9/h5-6,9,13H,3-4,7-8H2,1-2H3. The molecule has 0 aromatic carbocycles. The van der Waals surface area contributed by atoms with Gasteiger partial charge in [0, 0.05) is 6.08 Å². The highest BCUT2D eigenvalue weighted by Gasteiger charge is 2.38. The van der Waals surface area contributed by atoms with Gasteiger partial charge in [0.25, 0.3) is 0 Å². The van der Waals surface area contributed by atoms with Crippen molar-refractivity contribution in [1.82, 2.24) is 0 Å². The van der Waals surface area contributed by atoms with Crippen molar-refractivity contribution in [2.45, 2.75) is 51.2 Å². The number of hydrogen-bond acceptors (Lipinski definition) is 3. The first-order valence-electron chi connectivity index (χ1n) is 5.23. The number of carbonyl (C=O) groups excluding carboxylic acids is 1. The fraction of sp³-hybridized carbons (Fsp3) is 0.727. The number of hydrogen-bond donors (Lipinski definition) is 1. The highest BCUT2D eigenvalue weighted by molar-refractivity contribution is 5.84. The molecule has 0 radical (unpaired) electrons. The van der Waals surface area contributed by atoms with E-state index in [1.807, 2.05) is 13.8 Å². The highest BCUT2D eigenvalue weighted by atomic mass is 16.6. The lowest BCUT2D eigenvalue weighted by molar-refractivity contribution is -0.151. The summed E-state index contributed by atoms with van der Waals surface area (Å²) in [5.74, 6) is -0.347. The normalized spacial score (nSPS) is 21.4. The summed E-state index contributed by atoms with van der Waals surface area (Å²) in [4.78, 5) is 10.9. The van der Waals surface area contributed by atoms with Crippen LogP contribution in [-0.2, 0) is 9.53 Å². The summed E-state index contributed by atoms with van der Waals surface area (Å²) in [5.41, 5.74) is -0.869. The molecule has 0 aromatic rings. The van der Waals surface area contributed by atoms with Crippen LogP contribution in [0.4, 0.5) is 0 Å². The lowest BCUT2D eigenvalue weighted by Gasteiger charge is -2.31. The molecule has 1 unspecified atom stereocenters. The van der Waals surface area contributed by atoms with Crippen LogP contribution in [0.1, 0.15) is 39.5 Å². The molecule has 0 aliphatic carbocycles. The molecule has 0 amide bonds. The minimum Gasteiger partial charge on any atom is -0.452 e. The van der Waals surface area contributed by atoms with Crippen molar-refractivity contribution < 1.29 is 14.6 Å². The van der Waals surface area contributed by atoms with Crippen LogP contribution in [0, 0.1) is 0 Å². The summed E-state index contributed by atoms with van der Waals surface area (Å²) in [5, 5.41) is 10.3. The molecule has 0 fully saturated rings. The third kappa shape index (κ3) is 2.35. The minimum absolute atomic E-state index is 0.347. The Bertz CT molecular complexity index is 227. The minimum atomic E-state index is -0.869. The van der Waals surface area contributed by atoms with Gasteiger partial charge >= 0.3 is 5.97 Å². The van der Waals surface area contributed by atoms with Crippen LogP contribution < -0.4 is 0 Å². The number of ether oxygens (including phenoxy) is 1. The zero-order chi connectivity index (χ0) is 10.6. The zero-order valence-corrected chi connectivity index (χ0v) is 8.82. The maximum atomic E-state index is 10.9. The van der Waals surface area contributed by atoms with E-state index in [0.717, 1.165) is 12.8 Å². The van der Waals surface area contributed by atoms with Gasteiger partial charge in [0.1, 0.15) is 11.7 Å². The molecule has 1 N–H and O–H groups in total. The van der Waals surface area contributed by atoms with E-state index in [1.165, 1.54) is 6.08 Å². The highest BCUT2D eigenvalue weighted by Crippen LogP contribution is 2.29. The van der Waals surface area contributed by atoms with Gasteiger partial charge in [-0.25, -0.2) is 4.79 Å². The van der Waals surface area contributed by atoms with Gasteiger partial charge in [0.05, 0.1) is 0 Å². The largest absolute Gasteiger partial charge is 0.452 e. The lowest BCUT2D eigenvalue weighted by Crippen LogP contribution is -2.41. The predicted molar refractivity (Wildman–Crippen MR) is 53.8 cm³/mol. The van der Waals surface area contributed by atoms with Crippen molar-refractivity contribution in [2.75, 3.05) is 0 Å². The summed E-state index contributed by atoms with van der Waals surface area (Å²) < 4.78 is 5.03. The molecule has 14 heavy (non-hydrogen) atoms. The molecule has 0 saturated heterocycles. The monoisotopic (exact) mass is 198 g/mol. The summed E-state index contributed by atoms with van der Waals surface area (Å²) in [6.45, 7) is 4.03. The lowest BCUT2D eigenvalue weighted by atomic mass is 9.87. The SMILES string of the molecule is CCCC(O)(CCC)C1C=CC(=O)O1. The molecule has 1 atom stereocenters. The first-order valence-corrected chi connectivity index (χ1v) is 5.23. The van der Waals surface area contributed by atoms with Crippen LogP contribution in [0.2, 0.25) is 0 Å². The first-order chi connectivity index (χ1) is 6.62. The molecule has 1 rings (SSSR count). The topological polar surface area (TPSA) is 46.5 Å². The van der Waals surface area contributed by atoms with Crippen LogP contribution in [0.15, 0.2) is 12.2 Å². The molecular formula is C11H18O3. The van der Waals surface area contributed by atoms with E-state index in [0.29, 0.717) is 12.8 Å². The van der Waals surface area contributed by atoms with Crippen LogP contribution >= 0.6 is 0 Å². The number of aliphatic hydroxyl groups is 1. The number of rotatable bonds is 5. The average molecular weight is 198 g/mol. The third-order valence-electron chi connectivity index (χ3n) is 2.55. The molecule has 80 valence electrons. The maximum absolute atomic E-state index is 10.9. The molecule has 1 aliphatic heterocycles. The van der Waals surface area contributed by atoms with E-state index in [2.05, 4.69) is 0 Å². The van der Waals surface area contributed by atoms with Gasteiger partial charge in [-0.2, -0.15) is 0 Å². The second-order valence-electron chi connectivity index (χ2n) is 3.82. The van der Waals surface area contributed by atoms with Gasteiger partial charge in [-0.3, -0.25) is 0 Å². The van der Waals surface area contributed by atoms with E-state index < -0.39 is 11.7 Å². The van der Waals surface area contributed by atoms with Crippen LogP contribution in [-0.4, -0.2) is 22.8 Å². The Labute approximate surface area is 84.8 Å². The van der Waals surface area contributed by atoms with Crippen LogP contribution in [0.25, 0.3) is 0 Å². The van der Waals surface area contributed by atoms with E-state index >= 15 is 0 Å². The Balaban J connectivity index is 2.67. The molecule has 0 aromatic heterocycles. The van der Waals surface area contributed by atoms with Gasteiger partial charge in [-0.1, -0.05) is 26.7 Å². The Morgan fingerprint density at radius 2 is 2.00 bits per heavy atom.